The van der Waals surface area contributed by atoms with Crippen LogP contribution in [-0.4, -0.2) is 5.11 Å². The molecule has 4 heteroatoms. The highest BCUT2D eigenvalue weighted by Gasteiger charge is 2.17. The summed E-state index contributed by atoms with van der Waals surface area (Å²) in [7, 11) is 0. The highest BCUT2D eigenvalue weighted by atomic mass is 35.5. The molecular weight excluding hydrogens is 271 g/mol. The molecule has 1 aromatic carbocycles. The maximum Gasteiger partial charge on any atom is 0.109 e. The van der Waals surface area contributed by atoms with Crippen molar-refractivity contribution < 1.29 is 9.52 Å². The van der Waals surface area contributed by atoms with Gasteiger partial charge in [-0.15, -0.1) is 0 Å². The summed E-state index contributed by atoms with van der Waals surface area (Å²) in [5.74, 6) is 0.797. The number of benzene rings is 1. The second-order valence-electron chi connectivity index (χ2n) is 4.07. The summed E-state index contributed by atoms with van der Waals surface area (Å²) in [5.41, 5.74) is 1.56. The van der Waals surface area contributed by atoms with Crippen LogP contribution in [0.2, 0.25) is 10.0 Å². The topological polar surface area (TPSA) is 33.4 Å². The number of rotatable bonds is 4. The predicted molar refractivity (Wildman–Crippen MR) is 73.2 cm³/mol. The van der Waals surface area contributed by atoms with Crippen LogP contribution >= 0.6 is 23.2 Å². The van der Waals surface area contributed by atoms with Crippen LogP contribution < -0.4 is 0 Å². The van der Waals surface area contributed by atoms with Gasteiger partial charge in [-0.25, -0.2) is 0 Å². The van der Waals surface area contributed by atoms with Gasteiger partial charge >= 0.3 is 0 Å². The molecule has 0 bridgehead atoms. The first-order chi connectivity index (χ1) is 8.63. The first-order valence-corrected chi connectivity index (χ1v) is 6.56. The molecule has 2 aromatic rings. The maximum atomic E-state index is 10.2. The van der Waals surface area contributed by atoms with Crippen LogP contribution in [0.25, 0.3) is 0 Å². The fourth-order valence-electron chi connectivity index (χ4n) is 1.97. The molecule has 0 aliphatic carbocycles. The smallest absolute Gasteiger partial charge is 0.109 e. The molecule has 0 spiro atoms. The molecule has 96 valence electrons. The molecular formula is C14H14Cl2O2. The monoisotopic (exact) mass is 284 g/mol. The van der Waals surface area contributed by atoms with Gasteiger partial charge in [0.05, 0.1) is 12.4 Å². The summed E-state index contributed by atoms with van der Waals surface area (Å²) in [5, 5.41) is 11.4. The summed E-state index contributed by atoms with van der Waals surface area (Å²) in [6.07, 6.45) is 2.06. The lowest BCUT2D eigenvalue weighted by atomic mass is 10.0. The van der Waals surface area contributed by atoms with Gasteiger partial charge in [0.2, 0.25) is 0 Å². The number of hydrogen-bond acceptors (Lipinski definition) is 2. The van der Waals surface area contributed by atoms with Gasteiger partial charge in [0, 0.05) is 28.5 Å². The van der Waals surface area contributed by atoms with Gasteiger partial charge < -0.3 is 9.52 Å². The summed E-state index contributed by atoms with van der Waals surface area (Å²) >= 11 is 12.2. The lowest BCUT2D eigenvalue weighted by molar-refractivity contribution is 0.176. The molecule has 1 unspecified atom stereocenters. The van der Waals surface area contributed by atoms with Gasteiger partial charge in [0.1, 0.15) is 5.76 Å². The van der Waals surface area contributed by atoms with Crippen molar-refractivity contribution in [3.05, 3.63) is 57.5 Å². The van der Waals surface area contributed by atoms with Crippen molar-refractivity contribution in [1.82, 2.24) is 0 Å². The molecule has 1 N–H and O–H groups in total. The van der Waals surface area contributed by atoms with Crippen molar-refractivity contribution in [2.75, 3.05) is 0 Å². The van der Waals surface area contributed by atoms with E-state index in [2.05, 4.69) is 0 Å². The third-order valence-electron chi connectivity index (χ3n) is 2.92. The van der Waals surface area contributed by atoms with Crippen LogP contribution in [0.5, 0.6) is 0 Å². The summed E-state index contributed by atoms with van der Waals surface area (Å²) in [6.45, 7) is 1.98. The number of furan rings is 1. The van der Waals surface area contributed by atoms with Gasteiger partial charge in [-0.1, -0.05) is 36.2 Å². The van der Waals surface area contributed by atoms with E-state index in [9.17, 15) is 5.11 Å². The first kappa shape index (κ1) is 13.5. The molecule has 18 heavy (non-hydrogen) atoms. The van der Waals surface area contributed by atoms with Crippen LogP contribution in [-0.2, 0) is 12.8 Å². The Kier molecular flexibility index (Phi) is 4.33. The van der Waals surface area contributed by atoms with Gasteiger partial charge in [-0.05, 0) is 23.8 Å². The van der Waals surface area contributed by atoms with Crippen LogP contribution in [0.15, 0.2) is 34.9 Å². The van der Waals surface area contributed by atoms with E-state index in [-0.39, 0.29) is 0 Å². The largest absolute Gasteiger partial charge is 0.469 e. The average molecular weight is 285 g/mol. The zero-order valence-electron chi connectivity index (χ0n) is 9.99. The maximum absolute atomic E-state index is 10.2. The number of aliphatic hydroxyl groups excluding tert-OH is 1. The number of aryl methyl sites for hydroxylation is 1. The molecule has 1 atom stereocenters. The molecule has 0 saturated carbocycles. The first-order valence-electron chi connectivity index (χ1n) is 5.80. The van der Waals surface area contributed by atoms with Crippen LogP contribution in [0, 0.1) is 0 Å². The minimum Gasteiger partial charge on any atom is -0.469 e. The molecule has 1 aromatic heterocycles. The Hall–Kier alpha value is -0.960. The zero-order chi connectivity index (χ0) is 13.1. The Morgan fingerprint density at radius 2 is 1.89 bits per heavy atom. The summed E-state index contributed by atoms with van der Waals surface area (Å²) in [6, 6.07) is 7.11. The molecule has 0 aliphatic rings. The van der Waals surface area contributed by atoms with E-state index in [0.29, 0.717) is 16.5 Å². The van der Waals surface area contributed by atoms with Crippen molar-refractivity contribution >= 4 is 23.2 Å². The second kappa shape index (κ2) is 5.79. The number of halogens is 2. The van der Waals surface area contributed by atoms with E-state index in [1.165, 1.54) is 0 Å². The minimum atomic E-state index is -0.656. The van der Waals surface area contributed by atoms with E-state index >= 15 is 0 Å². The fourth-order valence-corrected chi connectivity index (χ4v) is 2.52. The molecule has 0 radical (unpaired) electrons. The van der Waals surface area contributed by atoms with Gasteiger partial charge in [-0.3, -0.25) is 0 Å². The molecule has 1 heterocycles. The Morgan fingerprint density at radius 1 is 1.22 bits per heavy atom. The Labute approximate surface area is 116 Å². The van der Waals surface area contributed by atoms with Crippen molar-refractivity contribution in [3.8, 4) is 0 Å². The van der Waals surface area contributed by atoms with Gasteiger partial charge in [0.15, 0.2) is 0 Å². The molecule has 2 rings (SSSR count). The predicted octanol–water partition coefficient (Wildman–Crippen LogP) is 4.42. The highest BCUT2D eigenvalue weighted by Crippen LogP contribution is 2.30. The van der Waals surface area contributed by atoms with Gasteiger partial charge in [-0.2, -0.15) is 0 Å². The normalized spacial score (nSPS) is 12.7. The lowest BCUT2D eigenvalue weighted by Gasteiger charge is -2.13. The van der Waals surface area contributed by atoms with E-state index < -0.39 is 6.10 Å². The zero-order valence-corrected chi connectivity index (χ0v) is 11.5. The van der Waals surface area contributed by atoms with E-state index in [4.69, 9.17) is 27.6 Å². The Morgan fingerprint density at radius 3 is 2.50 bits per heavy atom. The quantitative estimate of drug-likeness (QED) is 0.901. The molecule has 0 amide bonds. The van der Waals surface area contributed by atoms with E-state index in [1.54, 1.807) is 30.5 Å². The van der Waals surface area contributed by atoms with Crippen molar-refractivity contribution in [3.63, 3.8) is 0 Å². The summed E-state index contributed by atoms with van der Waals surface area (Å²) in [4.78, 5) is 0. The van der Waals surface area contributed by atoms with Crippen molar-refractivity contribution in [2.45, 2.75) is 25.9 Å². The van der Waals surface area contributed by atoms with Crippen molar-refractivity contribution in [1.29, 1.82) is 0 Å². The van der Waals surface area contributed by atoms with Crippen LogP contribution in [0.4, 0.5) is 0 Å². The van der Waals surface area contributed by atoms with Crippen molar-refractivity contribution in [2.24, 2.45) is 0 Å². The standard InChI is InChI=1S/C14H14Cl2O2/c1-2-14-9(6-7-18-14)13(17)8-10-11(15)4-3-5-12(10)16/h3-7,13,17H,2,8H2,1H3. The Balaban J connectivity index is 2.24. The molecule has 0 fully saturated rings. The van der Waals surface area contributed by atoms with Crippen LogP contribution in [0.3, 0.4) is 0 Å². The van der Waals surface area contributed by atoms with Crippen LogP contribution in [0.1, 0.15) is 29.9 Å². The third kappa shape index (κ3) is 2.72. The SMILES string of the molecule is CCc1occc1C(O)Cc1c(Cl)cccc1Cl. The molecule has 0 saturated heterocycles. The molecule has 0 aliphatic heterocycles. The van der Waals surface area contributed by atoms with Gasteiger partial charge in [0.25, 0.3) is 0 Å². The Bertz CT molecular complexity index is 514. The number of aliphatic hydroxyl groups is 1. The lowest BCUT2D eigenvalue weighted by Crippen LogP contribution is -2.04. The third-order valence-corrected chi connectivity index (χ3v) is 3.63. The molecule has 2 nitrogen and oxygen atoms in total. The van der Waals surface area contributed by atoms with E-state index in [0.717, 1.165) is 23.3 Å². The van der Waals surface area contributed by atoms with E-state index in [1.807, 2.05) is 6.92 Å². The summed E-state index contributed by atoms with van der Waals surface area (Å²) < 4.78 is 5.31. The minimum absolute atomic E-state index is 0.380. The average Bonchev–Trinajstić information content (AvgIpc) is 2.82. The second-order valence-corrected chi connectivity index (χ2v) is 4.89. The number of hydrogen-bond donors (Lipinski definition) is 1. The fraction of sp³-hybridized carbons (Fsp3) is 0.286. The highest BCUT2D eigenvalue weighted by molar-refractivity contribution is 6.35.